The number of unbranched alkanes of at least 4 members (excludes halogenated alkanes) is 2. The van der Waals surface area contributed by atoms with Crippen molar-refractivity contribution in [1.82, 2.24) is 0 Å². The quantitative estimate of drug-likeness (QED) is 0.445. The maximum absolute atomic E-state index is 11.3. The number of nitrogens with two attached hydrogens (primary N) is 1. The lowest BCUT2D eigenvalue weighted by Crippen LogP contribution is -2.26. The minimum atomic E-state index is -3.44. The molecule has 0 aromatic rings. The fourth-order valence-corrected chi connectivity index (χ4v) is 1.74. The lowest BCUT2D eigenvalue weighted by Gasteiger charge is -2.19. The fourth-order valence-electron chi connectivity index (χ4n) is 1.39. The summed E-state index contributed by atoms with van der Waals surface area (Å²) < 4.78 is 36.7. The van der Waals surface area contributed by atoms with Gasteiger partial charge in [0.25, 0.3) is 0 Å². The lowest BCUT2D eigenvalue weighted by molar-refractivity contribution is -0.160. The Morgan fingerprint density at radius 2 is 1.57 bits per heavy atom. The fraction of sp³-hybridized carbons (Fsp3) is 0.923. The SMILES string of the molecule is CC(C)(C)OC(=O)COCCCCCOCCS(N)(=O)=O. The highest BCUT2D eigenvalue weighted by atomic mass is 32.2. The van der Waals surface area contributed by atoms with E-state index in [1.165, 1.54) is 0 Å². The van der Waals surface area contributed by atoms with E-state index in [0.717, 1.165) is 19.3 Å². The highest BCUT2D eigenvalue weighted by molar-refractivity contribution is 7.89. The summed E-state index contributed by atoms with van der Waals surface area (Å²) in [6.07, 6.45) is 2.49. The van der Waals surface area contributed by atoms with Crippen LogP contribution >= 0.6 is 0 Å². The molecule has 2 N–H and O–H groups in total. The Bertz CT molecular complexity index is 388. The highest BCUT2D eigenvalue weighted by Crippen LogP contribution is 2.07. The molecule has 0 aliphatic rings. The Kier molecular flexibility index (Phi) is 9.76. The molecule has 0 spiro atoms. The summed E-state index contributed by atoms with van der Waals surface area (Å²) in [5, 5.41) is 4.83. The van der Waals surface area contributed by atoms with Crippen molar-refractivity contribution in [3.63, 3.8) is 0 Å². The van der Waals surface area contributed by atoms with Crippen LogP contribution in [0.5, 0.6) is 0 Å². The van der Waals surface area contributed by atoms with Gasteiger partial charge in [-0.2, -0.15) is 0 Å². The van der Waals surface area contributed by atoms with Crippen molar-refractivity contribution in [3.05, 3.63) is 0 Å². The number of ether oxygens (including phenoxy) is 3. The van der Waals surface area contributed by atoms with Gasteiger partial charge in [-0.1, -0.05) is 0 Å². The molecule has 0 aliphatic carbocycles. The average molecular weight is 325 g/mol. The minimum absolute atomic E-state index is 0.0396. The third kappa shape index (κ3) is 17.2. The molecule has 0 fully saturated rings. The number of carbonyl (C=O) groups is 1. The van der Waals surface area contributed by atoms with E-state index in [-0.39, 0.29) is 24.9 Å². The van der Waals surface area contributed by atoms with Crippen LogP contribution < -0.4 is 5.14 Å². The van der Waals surface area contributed by atoms with Crippen LogP contribution in [-0.4, -0.2) is 52.2 Å². The largest absolute Gasteiger partial charge is 0.458 e. The third-order valence-corrected chi connectivity index (χ3v) is 2.97. The molecule has 0 unspecified atom stereocenters. The van der Waals surface area contributed by atoms with Crippen molar-refractivity contribution in [2.24, 2.45) is 5.14 Å². The molecule has 0 rings (SSSR count). The second kappa shape index (κ2) is 10.1. The van der Waals surface area contributed by atoms with Gasteiger partial charge in [-0.15, -0.1) is 0 Å². The maximum atomic E-state index is 11.3. The molecular formula is C13H27NO6S. The van der Waals surface area contributed by atoms with Gasteiger partial charge in [-0.25, -0.2) is 18.4 Å². The second-order valence-corrected chi connectivity index (χ2v) is 7.41. The Morgan fingerprint density at radius 3 is 2.10 bits per heavy atom. The van der Waals surface area contributed by atoms with Crippen LogP contribution in [0.2, 0.25) is 0 Å². The zero-order valence-electron chi connectivity index (χ0n) is 13.1. The Morgan fingerprint density at radius 1 is 1.00 bits per heavy atom. The van der Waals surface area contributed by atoms with Gasteiger partial charge < -0.3 is 14.2 Å². The molecule has 0 saturated carbocycles. The number of hydrogen-bond acceptors (Lipinski definition) is 6. The summed E-state index contributed by atoms with van der Waals surface area (Å²) in [4.78, 5) is 11.3. The van der Waals surface area contributed by atoms with Crippen LogP contribution in [0.1, 0.15) is 40.0 Å². The lowest BCUT2D eigenvalue weighted by atomic mass is 10.2. The van der Waals surface area contributed by atoms with Gasteiger partial charge in [0.1, 0.15) is 12.2 Å². The molecule has 0 aromatic heterocycles. The normalized spacial score (nSPS) is 12.4. The van der Waals surface area contributed by atoms with E-state index in [9.17, 15) is 13.2 Å². The van der Waals surface area contributed by atoms with Gasteiger partial charge in [0, 0.05) is 13.2 Å². The van der Waals surface area contributed by atoms with Gasteiger partial charge >= 0.3 is 5.97 Å². The highest BCUT2D eigenvalue weighted by Gasteiger charge is 2.15. The summed E-state index contributed by atoms with van der Waals surface area (Å²) in [6.45, 7) is 6.47. The van der Waals surface area contributed by atoms with Crippen LogP contribution in [0.15, 0.2) is 0 Å². The number of rotatable bonds is 11. The molecule has 8 heteroatoms. The minimum Gasteiger partial charge on any atom is -0.458 e. The number of sulfonamides is 1. The van der Waals surface area contributed by atoms with Crippen LogP contribution in [-0.2, 0) is 29.0 Å². The number of esters is 1. The van der Waals surface area contributed by atoms with E-state index in [0.29, 0.717) is 13.2 Å². The zero-order chi connectivity index (χ0) is 16.4. The second-order valence-electron chi connectivity index (χ2n) is 5.68. The van der Waals surface area contributed by atoms with Gasteiger partial charge in [-0.05, 0) is 40.0 Å². The summed E-state index contributed by atoms with van der Waals surface area (Å²) in [7, 11) is -3.44. The van der Waals surface area contributed by atoms with Crippen LogP contribution in [0.25, 0.3) is 0 Å². The standard InChI is InChI=1S/C13H27NO6S/c1-13(2,3)20-12(15)11-19-8-6-4-5-7-18-9-10-21(14,16)17/h4-11H2,1-3H3,(H2,14,16,17). The van der Waals surface area contributed by atoms with Crippen molar-refractivity contribution in [1.29, 1.82) is 0 Å². The first-order chi connectivity index (χ1) is 9.60. The van der Waals surface area contributed by atoms with E-state index >= 15 is 0 Å². The molecule has 0 saturated heterocycles. The van der Waals surface area contributed by atoms with Gasteiger partial charge in [0.05, 0.1) is 12.4 Å². The Balaban J connectivity index is 3.32. The molecule has 21 heavy (non-hydrogen) atoms. The first-order valence-electron chi connectivity index (χ1n) is 6.98. The molecule has 0 radical (unpaired) electrons. The molecule has 0 bridgehead atoms. The number of hydrogen-bond donors (Lipinski definition) is 1. The topological polar surface area (TPSA) is 105 Å². The summed E-state index contributed by atoms with van der Waals surface area (Å²) in [6, 6.07) is 0. The monoisotopic (exact) mass is 325 g/mol. The molecule has 0 aliphatic heterocycles. The van der Waals surface area contributed by atoms with Gasteiger partial charge in [-0.3, -0.25) is 0 Å². The molecule has 0 heterocycles. The molecule has 0 atom stereocenters. The Labute approximate surface area is 127 Å². The van der Waals surface area contributed by atoms with Crippen LogP contribution in [0.3, 0.4) is 0 Å². The van der Waals surface area contributed by atoms with Crippen molar-refractivity contribution < 1.29 is 27.4 Å². The number of carbonyl (C=O) groups excluding carboxylic acids is 1. The van der Waals surface area contributed by atoms with Gasteiger partial charge in [0.2, 0.25) is 10.0 Å². The van der Waals surface area contributed by atoms with Crippen molar-refractivity contribution in [3.8, 4) is 0 Å². The van der Waals surface area contributed by atoms with E-state index < -0.39 is 15.6 Å². The molecule has 126 valence electrons. The van der Waals surface area contributed by atoms with E-state index in [1.807, 2.05) is 0 Å². The molecule has 7 nitrogen and oxygen atoms in total. The summed E-state index contributed by atoms with van der Waals surface area (Å²) >= 11 is 0. The predicted octanol–water partition coefficient (Wildman–Crippen LogP) is 0.820. The van der Waals surface area contributed by atoms with E-state index in [1.54, 1.807) is 20.8 Å². The molecular weight excluding hydrogens is 298 g/mol. The average Bonchev–Trinajstić information content (AvgIpc) is 2.27. The van der Waals surface area contributed by atoms with Crippen LogP contribution in [0.4, 0.5) is 0 Å². The van der Waals surface area contributed by atoms with E-state index in [2.05, 4.69) is 0 Å². The first-order valence-corrected chi connectivity index (χ1v) is 8.69. The Hall–Kier alpha value is -0.700. The molecule has 0 aromatic carbocycles. The maximum Gasteiger partial charge on any atom is 0.332 e. The summed E-state index contributed by atoms with van der Waals surface area (Å²) in [5.74, 6) is -0.528. The zero-order valence-corrected chi connectivity index (χ0v) is 13.9. The first kappa shape index (κ1) is 20.3. The van der Waals surface area contributed by atoms with Crippen LogP contribution in [0, 0.1) is 0 Å². The predicted molar refractivity (Wildman–Crippen MR) is 79.3 cm³/mol. The number of primary sulfonamides is 1. The van der Waals surface area contributed by atoms with Gasteiger partial charge in [0.15, 0.2) is 0 Å². The molecule has 0 amide bonds. The van der Waals surface area contributed by atoms with Crippen molar-refractivity contribution in [2.75, 3.05) is 32.2 Å². The third-order valence-electron chi connectivity index (χ3n) is 2.23. The smallest absolute Gasteiger partial charge is 0.332 e. The summed E-state index contributed by atoms with van der Waals surface area (Å²) in [5.41, 5.74) is -0.491. The van der Waals surface area contributed by atoms with Crippen molar-refractivity contribution >= 4 is 16.0 Å². The van der Waals surface area contributed by atoms with Crippen molar-refractivity contribution in [2.45, 2.75) is 45.6 Å². The van der Waals surface area contributed by atoms with E-state index in [4.69, 9.17) is 19.3 Å².